The van der Waals surface area contributed by atoms with Gasteiger partial charge in [-0.3, -0.25) is 14.8 Å². The van der Waals surface area contributed by atoms with Gasteiger partial charge in [0.2, 0.25) is 5.95 Å². The molecule has 2 aromatic rings. The van der Waals surface area contributed by atoms with E-state index in [0.29, 0.717) is 17.7 Å². The molecular formula is C14H15BrN6O2. The van der Waals surface area contributed by atoms with Crippen molar-refractivity contribution in [1.82, 2.24) is 19.9 Å². The molecule has 2 aliphatic heterocycles. The monoisotopic (exact) mass is 378 g/mol. The fraction of sp³-hybridized carbons (Fsp3) is 0.429. The number of halogens is 1. The number of rotatable bonds is 2. The molecule has 0 amide bonds. The van der Waals surface area contributed by atoms with Crippen LogP contribution in [0.25, 0.3) is 0 Å². The van der Waals surface area contributed by atoms with Crippen molar-refractivity contribution in [3.63, 3.8) is 0 Å². The highest BCUT2D eigenvalue weighted by molar-refractivity contribution is 9.10. The van der Waals surface area contributed by atoms with Gasteiger partial charge in [-0.15, -0.1) is 0 Å². The van der Waals surface area contributed by atoms with Crippen LogP contribution in [-0.4, -0.2) is 46.1 Å². The average Bonchev–Trinajstić information content (AvgIpc) is 3.05. The second-order valence-corrected chi connectivity index (χ2v) is 6.92. The summed E-state index contributed by atoms with van der Waals surface area (Å²) in [7, 11) is 0. The number of H-pyrrole nitrogens is 2. The molecule has 4 rings (SSSR count). The standard InChI is InChI=1S/C14H15BrN6O2/c15-10-2-16-13(17-3-10)21-6-8-4-20(5-9(8)7-21)11-1-12(22)19-14(23)18-11/h1-3,8-9H,4-7H2,(H2,18,19,22,23). The normalized spacial score (nSPS) is 23.3. The van der Waals surface area contributed by atoms with E-state index in [9.17, 15) is 9.59 Å². The van der Waals surface area contributed by atoms with Crippen LogP contribution >= 0.6 is 15.9 Å². The van der Waals surface area contributed by atoms with Gasteiger partial charge in [0.05, 0.1) is 4.47 Å². The summed E-state index contributed by atoms with van der Waals surface area (Å²) in [4.78, 5) is 40.7. The molecule has 120 valence electrons. The van der Waals surface area contributed by atoms with Gasteiger partial charge in [-0.05, 0) is 15.9 Å². The summed E-state index contributed by atoms with van der Waals surface area (Å²) in [5, 5.41) is 0. The van der Waals surface area contributed by atoms with E-state index in [4.69, 9.17) is 0 Å². The molecule has 2 unspecified atom stereocenters. The lowest BCUT2D eigenvalue weighted by Crippen LogP contribution is -2.32. The predicted molar refractivity (Wildman–Crippen MR) is 88.8 cm³/mol. The molecule has 0 radical (unpaired) electrons. The quantitative estimate of drug-likeness (QED) is 0.773. The van der Waals surface area contributed by atoms with E-state index in [2.05, 4.69) is 45.7 Å². The van der Waals surface area contributed by atoms with Crippen LogP contribution in [0.2, 0.25) is 0 Å². The summed E-state index contributed by atoms with van der Waals surface area (Å²) in [5.74, 6) is 2.30. The van der Waals surface area contributed by atoms with Crippen molar-refractivity contribution in [2.75, 3.05) is 36.0 Å². The summed E-state index contributed by atoms with van der Waals surface area (Å²) >= 11 is 3.34. The molecule has 4 heterocycles. The molecule has 9 heteroatoms. The van der Waals surface area contributed by atoms with Crippen molar-refractivity contribution in [1.29, 1.82) is 0 Å². The van der Waals surface area contributed by atoms with Gasteiger partial charge >= 0.3 is 5.69 Å². The number of nitrogens with zero attached hydrogens (tertiary/aromatic N) is 4. The number of aromatic amines is 2. The Morgan fingerprint density at radius 3 is 2.22 bits per heavy atom. The average molecular weight is 379 g/mol. The highest BCUT2D eigenvalue weighted by Crippen LogP contribution is 2.34. The number of fused-ring (bicyclic) bond motifs is 1. The molecule has 0 saturated carbocycles. The molecule has 0 spiro atoms. The van der Waals surface area contributed by atoms with Gasteiger partial charge in [0.1, 0.15) is 5.82 Å². The molecule has 0 aromatic carbocycles. The van der Waals surface area contributed by atoms with E-state index < -0.39 is 5.69 Å². The Morgan fingerprint density at radius 2 is 1.61 bits per heavy atom. The van der Waals surface area contributed by atoms with Gasteiger partial charge in [-0.25, -0.2) is 14.8 Å². The van der Waals surface area contributed by atoms with Crippen molar-refractivity contribution in [3.05, 3.63) is 43.8 Å². The minimum absolute atomic E-state index is 0.370. The summed E-state index contributed by atoms with van der Waals surface area (Å²) in [5.41, 5.74) is -0.833. The van der Waals surface area contributed by atoms with Crippen molar-refractivity contribution >= 4 is 27.7 Å². The van der Waals surface area contributed by atoms with E-state index in [0.717, 1.165) is 36.6 Å². The summed E-state index contributed by atoms with van der Waals surface area (Å²) < 4.78 is 0.866. The third-order valence-corrected chi connectivity index (χ3v) is 4.87. The Morgan fingerprint density at radius 1 is 1.00 bits per heavy atom. The van der Waals surface area contributed by atoms with E-state index in [1.165, 1.54) is 6.07 Å². The number of hydrogen-bond acceptors (Lipinski definition) is 6. The third-order valence-electron chi connectivity index (χ3n) is 4.46. The van der Waals surface area contributed by atoms with Crippen molar-refractivity contribution in [2.24, 2.45) is 11.8 Å². The number of nitrogens with one attached hydrogen (secondary N) is 2. The van der Waals surface area contributed by atoms with Crippen LogP contribution in [0.3, 0.4) is 0 Å². The summed E-state index contributed by atoms with van der Waals surface area (Å²) in [6.45, 7) is 3.40. The zero-order valence-corrected chi connectivity index (χ0v) is 13.8. The first-order chi connectivity index (χ1) is 11.1. The van der Waals surface area contributed by atoms with Crippen LogP contribution in [-0.2, 0) is 0 Å². The fourth-order valence-electron chi connectivity index (χ4n) is 3.45. The number of hydrogen-bond donors (Lipinski definition) is 2. The maximum atomic E-state index is 11.4. The van der Waals surface area contributed by atoms with Crippen LogP contribution in [0.1, 0.15) is 0 Å². The zero-order chi connectivity index (χ0) is 16.0. The lowest BCUT2D eigenvalue weighted by molar-refractivity contribution is 0.533. The van der Waals surface area contributed by atoms with E-state index in [1.807, 2.05) is 0 Å². The maximum Gasteiger partial charge on any atom is 0.327 e. The highest BCUT2D eigenvalue weighted by Gasteiger charge is 2.41. The Balaban J connectivity index is 1.48. The van der Waals surface area contributed by atoms with Crippen LogP contribution in [0.5, 0.6) is 0 Å². The highest BCUT2D eigenvalue weighted by atomic mass is 79.9. The lowest BCUT2D eigenvalue weighted by atomic mass is 10.0. The van der Waals surface area contributed by atoms with E-state index in [1.54, 1.807) is 12.4 Å². The zero-order valence-electron chi connectivity index (χ0n) is 12.2. The first-order valence-corrected chi connectivity index (χ1v) is 8.19. The van der Waals surface area contributed by atoms with Gasteiger partial charge in [0.15, 0.2) is 0 Å². The number of aromatic nitrogens is 4. The van der Waals surface area contributed by atoms with Gasteiger partial charge in [-0.2, -0.15) is 0 Å². The third kappa shape index (κ3) is 2.76. The van der Waals surface area contributed by atoms with Gasteiger partial charge in [0.25, 0.3) is 5.56 Å². The number of anilines is 2. The molecule has 2 N–H and O–H groups in total. The molecule has 2 aliphatic rings. The molecule has 23 heavy (non-hydrogen) atoms. The van der Waals surface area contributed by atoms with Crippen molar-refractivity contribution in [2.45, 2.75) is 0 Å². The smallest absolute Gasteiger partial charge is 0.327 e. The Kier molecular flexibility index (Phi) is 3.44. The molecular weight excluding hydrogens is 364 g/mol. The largest absolute Gasteiger partial charge is 0.357 e. The predicted octanol–water partition coefficient (Wildman–Crippen LogP) is 0.188. The summed E-state index contributed by atoms with van der Waals surface area (Å²) in [6.07, 6.45) is 3.51. The van der Waals surface area contributed by atoms with Crippen LogP contribution in [0, 0.1) is 11.8 Å². The minimum atomic E-state index is -0.463. The molecule has 0 bridgehead atoms. The molecule has 2 saturated heterocycles. The van der Waals surface area contributed by atoms with Gasteiger partial charge in [0, 0.05) is 56.5 Å². The van der Waals surface area contributed by atoms with E-state index >= 15 is 0 Å². The first-order valence-electron chi connectivity index (χ1n) is 7.39. The van der Waals surface area contributed by atoms with Gasteiger partial charge < -0.3 is 9.80 Å². The SMILES string of the molecule is O=c1cc(N2CC3CN(c4ncc(Br)cn4)CC3C2)[nH]c(=O)[nH]1. The van der Waals surface area contributed by atoms with Crippen molar-refractivity contribution in [3.8, 4) is 0 Å². The molecule has 2 atom stereocenters. The summed E-state index contributed by atoms with van der Waals surface area (Å²) in [6, 6.07) is 1.44. The van der Waals surface area contributed by atoms with Crippen LogP contribution in [0.4, 0.5) is 11.8 Å². The molecule has 2 aromatic heterocycles. The molecule has 2 fully saturated rings. The van der Waals surface area contributed by atoms with Crippen LogP contribution < -0.4 is 21.0 Å². The van der Waals surface area contributed by atoms with Crippen molar-refractivity contribution < 1.29 is 0 Å². The Hall–Kier alpha value is -2.16. The fourth-order valence-corrected chi connectivity index (χ4v) is 3.65. The first kappa shape index (κ1) is 14.4. The second kappa shape index (κ2) is 5.48. The van der Waals surface area contributed by atoms with E-state index in [-0.39, 0.29) is 5.56 Å². The minimum Gasteiger partial charge on any atom is -0.357 e. The topological polar surface area (TPSA) is 98.0 Å². The lowest BCUT2D eigenvalue weighted by Gasteiger charge is -2.22. The van der Waals surface area contributed by atoms with Crippen LogP contribution in [0.15, 0.2) is 32.5 Å². The Labute approximate surface area is 139 Å². The maximum absolute atomic E-state index is 11.4. The van der Waals surface area contributed by atoms with Gasteiger partial charge in [-0.1, -0.05) is 0 Å². The second-order valence-electron chi connectivity index (χ2n) is 6.00. The Bertz CT molecular complexity index is 790. The molecule has 0 aliphatic carbocycles. The molecule has 8 nitrogen and oxygen atoms in total.